The molecule has 2 amide bonds. The third kappa shape index (κ3) is 5.63. The molecule has 0 spiro atoms. The van der Waals surface area contributed by atoms with Gasteiger partial charge in [-0.1, -0.05) is 78.9 Å². The number of fused-ring (bicyclic) bond motifs is 3. The minimum absolute atomic E-state index is 0.0880. The average molecular weight is 568 g/mol. The molecule has 2 heterocycles. The van der Waals surface area contributed by atoms with Crippen LogP contribution >= 0.6 is 0 Å². The molecule has 0 bridgehead atoms. The highest BCUT2D eigenvalue weighted by molar-refractivity contribution is 5.91. The molecular weight excluding hydrogens is 530 g/mol. The SMILES string of the molecule is O=C(O)C[C@H]1CCCCN1C(=O)C1(NC(=O)OCC2c3ccccc3-c3ccccc32)CCN(Cc2ccccc2)C1. The zero-order valence-corrected chi connectivity index (χ0v) is 23.7. The quantitative estimate of drug-likeness (QED) is 0.396. The Morgan fingerprint density at radius 3 is 2.24 bits per heavy atom. The molecule has 8 heteroatoms. The molecule has 0 radical (unpaired) electrons. The fourth-order valence-corrected chi connectivity index (χ4v) is 6.98. The minimum Gasteiger partial charge on any atom is -0.481 e. The Hall–Kier alpha value is -4.17. The molecule has 218 valence electrons. The van der Waals surface area contributed by atoms with Gasteiger partial charge in [0.05, 0.1) is 6.42 Å². The molecule has 6 rings (SSSR count). The number of hydrogen-bond acceptors (Lipinski definition) is 5. The van der Waals surface area contributed by atoms with E-state index in [9.17, 15) is 19.5 Å². The van der Waals surface area contributed by atoms with Crippen molar-refractivity contribution in [3.8, 4) is 11.1 Å². The first-order chi connectivity index (χ1) is 20.4. The maximum absolute atomic E-state index is 14.3. The molecule has 2 N–H and O–H groups in total. The van der Waals surface area contributed by atoms with Gasteiger partial charge in [-0.2, -0.15) is 0 Å². The van der Waals surface area contributed by atoms with Crippen LogP contribution < -0.4 is 5.32 Å². The summed E-state index contributed by atoms with van der Waals surface area (Å²) < 4.78 is 5.88. The van der Waals surface area contributed by atoms with Crippen molar-refractivity contribution in [1.82, 2.24) is 15.1 Å². The van der Waals surface area contributed by atoms with Gasteiger partial charge in [0.25, 0.3) is 0 Å². The Bertz CT molecular complexity index is 1410. The fourth-order valence-electron chi connectivity index (χ4n) is 6.98. The van der Waals surface area contributed by atoms with Crippen molar-refractivity contribution in [2.24, 2.45) is 0 Å². The number of nitrogens with one attached hydrogen (secondary N) is 1. The maximum Gasteiger partial charge on any atom is 0.408 e. The van der Waals surface area contributed by atoms with Crippen LogP contribution in [0.25, 0.3) is 11.1 Å². The zero-order valence-electron chi connectivity index (χ0n) is 23.7. The van der Waals surface area contributed by atoms with E-state index in [1.807, 2.05) is 54.6 Å². The third-order valence-corrected chi connectivity index (χ3v) is 8.99. The molecule has 1 unspecified atom stereocenters. The molecule has 0 saturated carbocycles. The lowest BCUT2D eigenvalue weighted by Crippen LogP contribution is -2.63. The van der Waals surface area contributed by atoms with Crippen LogP contribution in [0.5, 0.6) is 0 Å². The van der Waals surface area contributed by atoms with Crippen molar-refractivity contribution in [3.63, 3.8) is 0 Å². The van der Waals surface area contributed by atoms with Crippen molar-refractivity contribution < 1.29 is 24.2 Å². The third-order valence-electron chi connectivity index (χ3n) is 8.99. The lowest BCUT2D eigenvalue weighted by Gasteiger charge is -2.41. The van der Waals surface area contributed by atoms with Crippen LogP contribution in [0.15, 0.2) is 78.9 Å². The number of piperidine rings is 1. The first kappa shape index (κ1) is 28.0. The number of hydrogen-bond donors (Lipinski definition) is 2. The molecule has 0 aromatic heterocycles. The molecule has 42 heavy (non-hydrogen) atoms. The largest absolute Gasteiger partial charge is 0.481 e. The lowest BCUT2D eigenvalue weighted by molar-refractivity contribution is -0.145. The topological polar surface area (TPSA) is 99.2 Å². The number of likely N-dealkylation sites (tertiary alicyclic amines) is 2. The number of carboxylic acid groups (broad SMARTS) is 1. The second kappa shape index (κ2) is 12.0. The summed E-state index contributed by atoms with van der Waals surface area (Å²) in [6.07, 6.45) is 2.05. The first-order valence-corrected chi connectivity index (χ1v) is 14.9. The second-order valence-corrected chi connectivity index (χ2v) is 11.7. The van der Waals surface area contributed by atoms with Crippen LogP contribution in [0, 0.1) is 0 Å². The van der Waals surface area contributed by atoms with E-state index in [1.165, 1.54) is 0 Å². The lowest BCUT2D eigenvalue weighted by atomic mass is 9.91. The van der Waals surface area contributed by atoms with Gasteiger partial charge in [-0.3, -0.25) is 14.5 Å². The number of rotatable bonds is 8. The second-order valence-electron chi connectivity index (χ2n) is 11.7. The molecule has 2 saturated heterocycles. The summed E-state index contributed by atoms with van der Waals surface area (Å²) in [6, 6.07) is 26.0. The van der Waals surface area contributed by atoms with E-state index in [1.54, 1.807) is 4.90 Å². The van der Waals surface area contributed by atoms with Crippen LogP contribution in [-0.4, -0.2) is 70.7 Å². The molecule has 2 aliphatic heterocycles. The summed E-state index contributed by atoms with van der Waals surface area (Å²) in [4.78, 5) is 43.2. The molecule has 2 atom stereocenters. The van der Waals surface area contributed by atoms with Crippen molar-refractivity contribution >= 4 is 18.0 Å². The van der Waals surface area contributed by atoms with E-state index in [2.05, 4.69) is 34.5 Å². The maximum atomic E-state index is 14.3. The Kier molecular flexibility index (Phi) is 7.98. The zero-order chi connectivity index (χ0) is 29.1. The normalized spacial score (nSPS) is 21.9. The van der Waals surface area contributed by atoms with E-state index >= 15 is 0 Å². The number of ether oxygens (including phenoxy) is 1. The van der Waals surface area contributed by atoms with Gasteiger partial charge in [0.1, 0.15) is 12.1 Å². The van der Waals surface area contributed by atoms with Crippen molar-refractivity contribution in [1.29, 1.82) is 0 Å². The fraction of sp³-hybridized carbons (Fsp3) is 0.382. The molecule has 3 aromatic rings. The molecule has 1 aliphatic carbocycles. The summed E-state index contributed by atoms with van der Waals surface area (Å²) in [5.74, 6) is -1.22. The van der Waals surface area contributed by atoms with Gasteiger partial charge in [0, 0.05) is 38.1 Å². The van der Waals surface area contributed by atoms with E-state index in [0.29, 0.717) is 39.0 Å². The summed E-state index contributed by atoms with van der Waals surface area (Å²) in [5.41, 5.74) is 4.48. The van der Waals surface area contributed by atoms with E-state index in [4.69, 9.17) is 4.74 Å². The van der Waals surface area contributed by atoms with E-state index < -0.39 is 17.6 Å². The van der Waals surface area contributed by atoms with E-state index in [0.717, 1.165) is 40.7 Å². The van der Waals surface area contributed by atoms with Gasteiger partial charge in [0.15, 0.2) is 0 Å². The van der Waals surface area contributed by atoms with Gasteiger partial charge in [-0.05, 0) is 53.5 Å². The first-order valence-electron chi connectivity index (χ1n) is 14.9. The average Bonchev–Trinajstić information content (AvgIpc) is 3.55. The predicted molar refractivity (Wildman–Crippen MR) is 159 cm³/mol. The highest BCUT2D eigenvalue weighted by Gasteiger charge is 2.50. The summed E-state index contributed by atoms with van der Waals surface area (Å²) in [5, 5.41) is 12.5. The molecular formula is C34H37N3O5. The van der Waals surface area contributed by atoms with Crippen LogP contribution in [0.3, 0.4) is 0 Å². The molecule has 3 aromatic carbocycles. The van der Waals surface area contributed by atoms with Gasteiger partial charge in [-0.15, -0.1) is 0 Å². The highest BCUT2D eigenvalue weighted by Crippen LogP contribution is 2.44. The molecule has 2 fully saturated rings. The number of nitrogens with zero attached hydrogens (tertiary/aromatic N) is 2. The molecule has 3 aliphatic rings. The van der Waals surface area contributed by atoms with Crippen LogP contribution in [-0.2, 0) is 20.9 Å². The number of alkyl carbamates (subject to hydrolysis) is 1. The Balaban J connectivity index is 1.21. The molecule has 8 nitrogen and oxygen atoms in total. The number of carbonyl (C=O) groups is 3. The van der Waals surface area contributed by atoms with Gasteiger partial charge in [-0.25, -0.2) is 4.79 Å². The summed E-state index contributed by atoms with van der Waals surface area (Å²) >= 11 is 0. The highest BCUT2D eigenvalue weighted by atomic mass is 16.5. The summed E-state index contributed by atoms with van der Waals surface area (Å²) in [6.45, 7) is 2.26. The number of benzene rings is 3. The van der Waals surface area contributed by atoms with Crippen LogP contribution in [0.2, 0.25) is 0 Å². The Morgan fingerprint density at radius 1 is 0.881 bits per heavy atom. The van der Waals surface area contributed by atoms with Gasteiger partial charge >= 0.3 is 12.1 Å². The number of amides is 2. The monoisotopic (exact) mass is 567 g/mol. The summed E-state index contributed by atoms with van der Waals surface area (Å²) in [7, 11) is 0. The van der Waals surface area contributed by atoms with E-state index in [-0.39, 0.29) is 30.9 Å². The number of carboxylic acids is 1. The van der Waals surface area contributed by atoms with Crippen LogP contribution in [0.1, 0.15) is 54.7 Å². The van der Waals surface area contributed by atoms with Crippen LogP contribution in [0.4, 0.5) is 4.79 Å². The standard InChI is InChI=1S/C34H37N3O5/c38-31(39)20-25-12-8-9-18-37(25)32(40)34(17-19-36(23-34)21-24-10-2-1-3-11-24)35-33(41)42-22-30-28-15-6-4-13-26(28)27-14-5-7-16-29(27)30/h1-7,10-11,13-16,25,30H,8-9,12,17-23H2,(H,35,41)(H,38,39)/t25-,34?/m1/s1. The smallest absolute Gasteiger partial charge is 0.408 e. The van der Waals surface area contributed by atoms with Crippen molar-refractivity contribution in [2.75, 3.05) is 26.2 Å². The number of carbonyl (C=O) groups excluding carboxylic acids is 2. The van der Waals surface area contributed by atoms with Crippen molar-refractivity contribution in [3.05, 3.63) is 95.6 Å². The Morgan fingerprint density at radius 2 is 1.55 bits per heavy atom. The minimum atomic E-state index is -1.19. The van der Waals surface area contributed by atoms with Gasteiger partial charge in [0.2, 0.25) is 5.91 Å². The number of aliphatic carboxylic acids is 1. The predicted octanol–water partition coefficient (Wildman–Crippen LogP) is 5.03. The van der Waals surface area contributed by atoms with Crippen molar-refractivity contribution in [2.45, 2.75) is 56.1 Å². The Labute approximate surface area is 246 Å². The van der Waals surface area contributed by atoms with Gasteiger partial charge < -0.3 is 20.1 Å².